The van der Waals surface area contributed by atoms with Gasteiger partial charge in [0.05, 0.1) is 0 Å². The second kappa shape index (κ2) is 4.80. The maximum absolute atomic E-state index is 11.5. The highest BCUT2D eigenvalue weighted by Gasteiger charge is 2.05. The first-order valence-electron chi connectivity index (χ1n) is 5.03. The lowest BCUT2D eigenvalue weighted by Gasteiger charge is -2.08. The molecule has 0 unspecified atom stereocenters. The van der Waals surface area contributed by atoms with E-state index in [2.05, 4.69) is 12.2 Å². The molecule has 1 aromatic carbocycles. The van der Waals surface area contributed by atoms with Gasteiger partial charge in [0.1, 0.15) is 0 Å². The second-order valence-electron chi connectivity index (χ2n) is 3.68. The zero-order valence-corrected chi connectivity index (χ0v) is 9.00. The molecule has 0 bridgehead atoms. The molecule has 0 radical (unpaired) electrons. The van der Waals surface area contributed by atoms with Gasteiger partial charge in [-0.3, -0.25) is 4.79 Å². The number of aryl methyl sites for hydroxylation is 1. The largest absolute Gasteiger partial charge is 0.350 e. The van der Waals surface area contributed by atoms with Crippen molar-refractivity contribution in [3.63, 3.8) is 0 Å². The summed E-state index contributed by atoms with van der Waals surface area (Å²) in [6.45, 7) is 6.01. The van der Waals surface area contributed by atoms with Crippen LogP contribution in [0.1, 0.15) is 36.7 Å². The second-order valence-corrected chi connectivity index (χ2v) is 3.68. The molecule has 0 saturated heterocycles. The Morgan fingerprint density at radius 1 is 1.29 bits per heavy atom. The summed E-state index contributed by atoms with van der Waals surface area (Å²) in [6, 6.07) is 7.92. The minimum absolute atomic E-state index is 0.00246. The van der Waals surface area contributed by atoms with Crippen molar-refractivity contribution in [1.29, 1.82) is 0 Å². The van der Waals surface area contributed by atoms with Crippen molar-refractivity contribution in [2.45, 2.75) is 33.2 Å². The van der Waals surface area contributed by atoms with Crippen LogP contribution >= 0.6 is 0 Å². The van der Waals surface area contributed by atoms with E-state index in [1.165, 1.54) is 5.56 Å². The van der Waals surface area contributed by atoms with Crippen molar-refractivity contribution < 1.29 is 4.79 Å². The molecule has 2 heteroatoms. The van der Waals surface area contributed by atoms with Crippen LogP contribution in [0.3, 0.4) is 0 Å². The molecule has 0 spiro atoms. The van der Waals surface area contributed by atoms with Gasteiger partial charge in [0, 0.05) is 11.6 Å². The highest BCUT2D eigenvalue weighted by Crippen LogP contribution is 2.05. The van der Waals surface area contributed by atoms with E-state index in [4.69, 9.17) is 0 Å². The Balaban J connectivity index is 2.71. The van der Waals surface area contributed by atoms with E-state index in [9.17, 15) is 4.79 Å². The summed E-state index contributed by atoms with van der Waals surface area (Å²) in [5.74, 6) is 0.00246. The number of nitrogens with one attached hydrogen (secondary N) is 1. The summed E-state index contributed by atoms with van der Waals surface area (Å²) >= 11 is 0. The molecule has 2 nitrogen and oxygen atoms in total. The Bertz CT molecular complexity index is 301. The van der Waals surface area contributed by atoms with E-state index < -0.39 is 0 Å². The number of amides is 1. The standard InChI is InChI=1S/C12H17NO/c1-4-10-5-7-11(8-6-10)12(14)13-9(2)3/h5-9H,4H2,1-3H3,(H,13,14). The molecule has 0 aliphatic rings. The number of rotatable bonds is 3. The van der Waals surface area contributed by atoms with E-state index >= 15 is 0 Å². The Kier molecular flexibility index (Phi) is 3.69. The van der Waals surface area contributed by atoms with Gasteiger partial charge >= 0.3 is 0 Å². The number of benzene rings is 1. The minimum atomic E-state index is 0.00246. The first kappa shape index (κ1) is 10.8. The highest BCUT2D eigenvalue weighted by atomic mass is 16.1. The Labute approximate surface area is 85.3 Å². The topological polar surface area (TPSA) is 29.1 Å². The van der Waals surface area contributed by atoms with Crippen molar-refractivity contribution in [2.75, 3.05) is 0 Å². The summed E-state index contributed by atoms with van der Waals surface area (Å²) in [5.41, 5.74) is 1.99. The van der Waals surface area contributed by atoms with Crippen molar-refractivity contribution in [2.24, 2.45) is 0 Å². The minimum Gasteiger partial charge on any atom is -0.350 e. The maximum atomic E-state index is 11.5. The molecule has 0 atom stereocenters. The molecule has 0 aromatic heterocycles. The normalized spacial score (nSPS) is 10.3. The first-order valence-corrected chi connectivity index (χ1v) is 5.03. The monoisotopic (exact) mass is 191 g/mol. The fourth-order valence-electron chi connectivity index (χ4n) is 1.24. The fraction of sp³-hybridized carbons (Fsp3) is 0.417. The van der Waals surface area contributed by atoms with E-state index in [0.29, 0.717) is 0 Å². The van der Waals surface area contributed by atoms with Crippen LogP contribution in [-0.4, -0.2) is 11.9 Å². The molecule has 0 saturated carbocycles. The highest BCUT2D eigenvalue weighted by molar-refractivity contribution is 5.94. The van der Waals surface area contributed by atoms with Crippen LogP contribution in [0.4, 0.5) is 0 Å². The van der Waals surface area contributed by atoms with Crippen LogP contribution in [0.5, 0.6) is 0 Å². The molecule has 1 amide bonds. The number of hydrogen-bond acceptors (Lipinski definition) is 1. The molecular weight excluding hydrogens is 174 g/mol. The van der Waals surface area contributed by atoms with Gasteiger partial charge in [0.25, 0.3) is 5.91 Å². The third-order valence-electron chi connectivity index (χ3n) is 2.04. The molecule has 1 N–H and O–H groups in total. The molecule has 0 fully saturated rings. The van der Waals surface area contributed by atoms with E-state index in [-0.39, 0.29) is 11.9 Å². The van der Waals surface area contributed by atoms with Crippen LogP contribution < -0.4 is 5.32 Å². The number of hydrogen-bond donors (Lipinski definition) is 1. The van der Waals surface area contributed by atoms with Crippen LogP contribution in [0.2, 0.25) is 0 Å². The molecule has 1 rings (SSSR count). The predicted molar refractivity (Wildman–Crippen MR) is 58.4 cm³/mol. The lowest BCUT2D eigenvalue weighted by atomic mass is 10.1. The SMILES string of the molecule is CCc1ccc(C(=O)NC(C)C)cc1. The summed E-state index contributed by atoms with van der Waals surface area (Å²) in [7, 11) is 0. The third-order valence-corrected chi connectivity index (χ3v) is 2.04. The number of carbonyl (C=O) groups is 1. The van der Waals surface area contributed by atoms with Crippen molar-refractivity contribution in [3.8, 4) is 0 Å². The van der Waals surface area contributed by atoms with E-state index in [1.807, 2.05) is 38.1 Å². The molecule has 76 valence electrons. The zero-order chi connectivity index (χ0) is 10.6. The Morgan fingerprint density at radius 2 is 1.86 bits per heavy atom. The smallest absolute Gasteiger partial charge is 0.251 e. The quantitative estimate of drug-likeness (QED) is 0.781. The van der Waals surface area contributed by atoms with Crippen LogP contribution in [-0.2, 0) is 6.42 Å². The van der Waals surface area contributed by atoms with Crippen molar-refractivity contribution >= 4 is 5.91 Å². The molecule has 0 aliphatic carbocycles. The van der Waals surface area contributed by atoms with Crippen molar-refractivity contribution in [1.82, 2.24) is 5.32 Å². The molecule has 14 heavy (non-hydrogen) atoms. The lowest BCUT2D eigenvalue weighted by molar-refractivity contribution is 0.0943. The van der Waals surface area contributed by atoms with Gasteiger partial charge in [-0.1, -0.05) is 19.1 Å². The molecule has 0 aliphatic heterocycles. The number of carbonyl (C=O) groups excluding carboxylic acids is 1. The Hall–Kier alpha value is -1.31. The zero-order valence-electron chi connectivity index (χ0n) is 9.00. The summed E-state index contributed by atoms with van der Waals surface area (Å²) < 4.78 is 0. The lowest BCUT2D eigenvalue weighted by Crippen LogP contribution is -2.29. The van der Waals surface area contributed by atoms with Gasteiger partial charge in [-0.2, -0.15) is 0 Å². The van der Waals surface area contributed by atoms with Gasteiger partial charge < -0.3 is 5.32 Å². The first-order chi connectivity index (χ1) is 6.63. The summed E-state index contributed by atoms with van der Waals surface area (Å²) in [5, 5.41) is 2.86. The van der Waals surface area contributed by atoms with E-state index in [1.54, 1.807) is 0 Å². The van der Waals surface area contributed by atoms with Gasteiger partial charge in [-0.15, -0.1) is 0 Å². The van der Waals surface area contributed by atoms with E-state index in [0.717, 1.165) is 12.0 Å². The van der Waals surface area contributed by atoms with Crippen molar-refractivity contribution in [3.05, 3.63) is 35.4 Å². The average Bonchev–Trinajstić information content (AvgIpc) is 2.17. The van der Waals surface area contributed by atoms with Crippen LogP contribution in [0.15, 0.2) is 24.3 Å². The average molecular weight is 191 g/mol. The fourth-order valence-corrected chi connectivity index (χ4v) is 1.24. The maximum Gasteiger partial charge on any atom is 0.251 e. The van der Waals surface area contributed by atoms with Gasteiger partial charge in [0.2, 0.25) is 0 Å². The molecular formula is C12H17NO. The summed E-state index contributed by atoms with van der Waals surface area (Å²) in [4.78, 5) is 11.5. The van der Waals surface area contributed by atoms with Crippen LogP contribution in [0, 0.1) is 0 Å². The van der Waals surface area contributed by atoms with Gasteiger partial charge in [-0.25, -0.2) is 0 Å². The Morgan fingerprint density at radius 3 is 2.29 bits per heavy atom. The molecule has 1 aromatic rings. The van der Waals surface area contributed by atoms with Gasteiger partial charge in [0.15, 0.2) is 0 Å². The summed E-state index contributed by atoms with van der Waals surface area (Å²) in [6.07, 6.45) is 1.01. The van der Waals surface area contributed by atoms with Gasteiger partial charge in [-0.05, 0) is 38.0 Å². The predicted octanol–water partition coefficient (Wildman–Crippen LogP) is 2.39. The third kappa shape index (κ3) is 2.87. The molecule has 0 heterocycles. The van der Waals surface area contributed by atoms with Crippen LogP contribution in [0.25, 0.3) is 0 Å².